The lowest BCUT2D eigenvalue weighted by molar-refractivity contribution is 0.135. The summed E-state index contributed by atoms with van der Waals surface area (Å²) < 4.78 is 0. The molecule has 23 heavy (non-hydrogen) atoms. The van der Waals surface area contributed by atoms with Crippen LogP contribution in [0.15, 0.2) is 30.3 Å². The highest BCUT2D eigenvalue weighted by Crippen LogP contribution is 2.48. The molecule has 3 atom stereocenters. The summed E-state index contributed by atoms with van der Waals surface area (Å²) in [7, 11) is 0. The van der Waals surface area contributed by atoms with E-state index in [9.17, 15) is 0 Å². The van der Waals surface area contributed by atoms with Crippen LogP contribution in [-0.4, -0.2) is 29.7 Å². The highest BCUT2D eigenvalue weighted by molar-refractivity contribution is 5.71. The van der Waals surface area contributed by atoms with Gasteiger partial charge in [0.05, 0.1) is 0 Å². The van der Waals surface area contributed by atoms with Gasteiger partial charge in [0.25, 0.3) is 0 Å². The van der Waals surface area contributed by atoms with Crippen molar-refractivity contribution < 1.29 is 5.11 Å². The molecule has 124 valence electrons. The van der Waals surface area contributed by atoms with E-state index in [0.29, 0.717) is 12.6 Å². The fourth-order valence-electron chi connectivity index (χ4n) is 5.01. The van der Waals surface area contributed by atoms with Crippen molar-refractivity contribution in [3.63, 3.8) is 0 Å². The van der Waals surface area contributed by atoms with Crippen LogP contribution in [0.1, 0.15) is 62.1 Å². The van der Waals surface area contributed by atoms with Crippen LogP contribution in [0.25, 0.3) is 5.57 Å². The number of nitrogens with zero attached hydrogens (tertiary/aromatic N) is 1. The van der Waals surface area contributed by atoms with Crippen LogP contribution in [0.4, 0.5) is 0 Å². The topological polar surface area (TPSA) is 23.5 Å². The van der Waals surface area contributed by atoms with E-state index in [-0.39, 0.29) is 0 Å². The third kappa shape index (κ3) is 3.12. The molecule has 1 saturated heterocycles. The zero-order chi connectivity index (χ0) is 15.6. The minimum atomic E-state index is 0.305. The number of hydrogen-bond donors (Lipinski definition) is 1. The molecule has 3 unspecified atom stereocenters. The SMILES string of the molecule is OCCCN1CCCCC1c1cccc(C2=CC3CCC2C3)c1. The first kappa shape index (κ1) is 15.4. The van der Waals surface area contributed by atoms with Gasteiger partial charge >= 0.3 is 0 Å². The molecule has 1 aromatic carbocycles. The molecular formula is C21H29NO. The summed E-state index contributed by atoms with van der Waals surface area (Å²) in [5.74, 6) is 1.68. The summed E-state index contributed by atoms with van der Waals surface area (Å²) in [5.41, 5.74) is 4.59. The Bertz CT molecular complexity index is 579. The maximum atomic E-state index is 9.17. The molecular weight excluding hydrogens is 282 g/mol. The number of benzene rings is 1. The van der Waals surface area contributed by atoms with Crippen LogP contribution < -0.4 is 0 Å². The normalized spacial score (nSPS) is 30.7. The fourth-order valence-corrected chi connectivity index (χ4v) is 5.01. The molecule has 1 aliphatic heterocycles. The molecule has 3 aliphatic rings. The van der Waals surface area contributed by atoms with Gasteiger partial charge < -0.3 is 5.11 Å². The zero-order valence-electron chi connectivity index (χ0n) is 14.1. The standard InChI is InChI=1S/C21H29NO/c23-12-4-11-22-10-2-1-7-21(22)19-6-3-5-17(15-19)20-14-16-8-9-18(20)13-16/h3,5-6,14-16,18,21,23H,1-2,4,7-13H2. The number of allylic oxidation sites excluding steroid dienone is 2. The zero-order valence-corrected chi connectivity index (χ0v) is 14.1. The molecule has 1 saturated carbocycles. The van der Waals surface area contributed by atoms with Crippen molar-refractivity contribution in [3.05, 3.63) is 41.5 Å². The van der Waals surface area contributed by atoms with Gasteiger partial charge in [-0.1, -0.05) is 30.7 Å². The van der Waals surface area contributed by atoms with E-state index in [4.69, 9.17) is 5.11 Å². The van der Waals surface area contributed by atoms with Gasteiger partial charge in [-0.05, 0) is 79.7 Å². The molecule has 0 aromatic heterocycles. The number of rotatable bonds is 5. The second-order valence-corrected chi connectivity index (χ2v) is 7.64. The van der Waals surface area contributed by atoms with Crippen molar-refractivity contribution in [3.8, 4) is 0 Å². The Hall–Kier alpha value is -1.12. The van der Waals surface area contributed by atoms with E-state index in [2.05, 4.69) is 35.2 Å². The number of hydrogen-bond acceptors (Lipinski definition) is 2. The molecule has 4 rings (SSSR count). The number of fused-ring (bicyclic) bond motifs is 2. The Morgan fingerprint density at radius 1 is 1.13 bits per heavy atom. The Kier molecular flexibility index (Phi) is 4.54. The van der Waals surface area contributed by atoms with Crippen LogP contribution in [0.5, 0.6) is 0 Å². The average Bonchev–Trinajstić information content (AvgIpc) is 3.24. The number of piperidine rings is 1. The van der Waals surface area contributed by atoms with E-state index in [0.717, 1.165) is 24.8 Å². The van der Waals surface area contributed by atoms with E-state index >= 15 is 0 Å². The smallest absolute Gasteiger partial charge is 0.0443 e. The first-order chi connectivity index (χ1) is 11.3. The van der Waals surface area contributed by atoms with E-state index in [1.807, 2.05) is 0 Å². The van der Waals surface area contributed by atoms with Crippen molar-refractivity contribution in [2.75, 3.05) is 19.7 Å². The lowest BCUT2D eigenvalue weighted by Gasteiger charge is -2.36. The Morgan fingerprint density at radius 3 is 2.87 bits per heavy atom. The quantitative estimate of drug-likeness (QED) is 0.870. The summed E-state index contributed by atoms with van der Waals surface area (Å²) in [6, 6.07) is 9.91. The highest BCUT2D eigenvalue weighted by Gasteiger charge is 2.33. The van der Waals surface area contributed by atoms with E-state index < -0.39 is 0 Å². The molecule has 2 nitrogen and oxygen atoms in total. The van der Waals surface area contributed by atoms with Crippen molar-refractivity contribution in [1.82, 2.24) is 4.90 Å². The molecule has 1 N–H and O–H groups in total. The first-order valence-corrected chi connectivity index (χ1v) is 9.52. The number of aliphatic hydroxyl groups is 1. The molecule has 1 aromatic rings. The van der Waals surface area contributed by atoms with E-state index in [1.165, 1.54) is 56.2 Å². The van der Waals surface area contributed by atoms with Crippen molar-refractivity contribution in [2.45, 2.75) is 51.0 Å². The van der Waals surface area contributed by atoms with Crippen molar-refractivity contribution in [2.24, 2.45) is 11.8 Å². The minimum absolute atomic E-state index is 0.305. The maximum Gasteiger partial charge on any atom is 0.0443 e. The predicted octanol–water partition coefficient (Wildman–Crippen LogP) is 4.41. The highest BCUT2D eigenvalue weighted by atomic mass is 16.3. The molecule has 0 radical (unpaired) electrons. The third-order valence-corrected chi connectivity index (χ3v) is 6.15. The monoisotopic (exact) mass is 311 g/mol. The van der Waals surface area contributed by atoms with Gasteiger partial charge in [0, 0.05) is 19.2 Å². The molecule has 0 amide bonds. The van der Waals surface area contributed by atoms with Crippen molar-refractivity contribution >= 4 is 5.57 Å². The van der Waals surface area contributed by atoms with Crippen LogP contribution in [0.3, 0.4) is 0 Å². The summed E-state index contributed by atoms with van der Waals surface area (Å²) in [5, 5.41) is 9.17. The summed E-state index contributed by atoms with van der Waals surface area (Å²) >= 11 is 0. The van der Waals surface area contributed by atoms with Gasteiger partial charge in [0.15, 0.2) is 0 Å². The number of aliphatic hydroxyl groups excluding tert-OH is 1. The van der Waals surface area contributed by atoms with Crippen molar-refractivity contribution in [1.29, 1.82) is 0 Å². The first-order valence-electron chi connectivity index (χ1n) is 9.52. The molecule has 2 heteroatoms. The second-order valence-electron chi connectivity index (χ2n) is 7.64. The summed E-state index contributed by atoms with van der Waals surface area (Å²) in [6.07, 6.45) is 11.5. The molecule has 1 heterocycles. The lowest BCUT2D eigenvalue weighted by Crippen LogP contribution is -2.34. The van der Waals surface area contributed by atoms with Gasteiger partial charge in [0.1, 0.15) is 0 Å². The second kappa shape index (κ2) is 6.78. The molecule has 2 fully saturated rings. The van der Waals surface area contributed by atoms with Crippen LogP contribution >= 0.6 is 0 Å². The maximum absolute atomic E-state index is 9.17. The van der Waals surface area contributed by atoms with Gasteiger partial charge in [-0.25, -0.2) is 0 Å². The average molecular weight is 311 g/mol. The number of likely N-dealkylation sites (tertiary alicyclic amines) is 1. The lowest BCUT2D eigenvalue weighted by atomic mass is 9.88. The molecule has 0 spiro atoms. The Labute approximate surface area is 140 Å². The van der Waals surface area contributed by atoms with Gasteiger partial charge in [-0.2, -0.15) is 0 Å². The van der Waals surface area contributed by atoms with Gasteiger partial charge in [-0.3, -0.25) is 4.90 Å². The van der Waals surface area contributed by atoms with Crippen LogP contribution in [0.2, 0.25) is 0 Å². The Balaban J connectivity index is 1.56. The third-order valence-electron chi connectivity index (χ3n) is 6.15. The predicted molar refractivity (Wildman–Crippen MR) is 95.1 cm³/mol. The minimum Gasteiger partial charge on any atom is -0.396 e. The van der Waals surface area contributed by atoms with Gasteiger partial charge in [-0.15, -0.1) is 0 Å². The largest absolute Gasteiger partial charge is 0.396 e. The van der Waals surface area contributed by atoms with E-state index in [1.54, 1.807) is 5.57 Å². The van der Waals surface area contributed by atoms with Crippen LogP contribution in [-0.2, 0) is 0 Å². The fraction of sp³-hybridized carbons (Fsp3) is 0.619. The van der Waals surface area contributed by atoms with Gasteiger partial charge in [0.2, 0.25) is 0 Å². The molecule has 2 aliphatic carbocycles. The van der Waals surface area contributed by atoms with Crippen LogP contribution in [0, 0.1) is 11.8 Å². The summed E-state index contributed by atoms with van der Waals surface area (Å²) in [4.78, 5) is 2.59. The summed E-state index contributed by atoms with van der Waals surface area (Å²) in [6.45, 7) is 2.51. The Morgan fingerprint density at radius 2 is 2.09 bits per heavy atom. The molecule has 2 bridgehead atoms.